The number of pyridine rings is 1. The Labute approximate surface area is 104 Å². The quantitative estimate of drug-likeness (QED) is 0.798. The molecule has 0 saturated carbocycles. The molecule has 0 spiro atoms. The second-order valence-corrected chi connectivity index (χ2v) is 4.54. The van der Waals surface area contributed by atoms with Crippen molar-refractivity contribution in [2.45, 2.75) is 6.92 Å². The molecule has 0 aliphatic rings. The monoisotopic (exact) mass is 279 g/mol. The summed E-state index contributed by atoms with van der Waals surface area (Å²) in [5, 5.41) is 2.03. The van der Waals surface area contributed by atoms with E-state index < -0.39 is 0 Å². The van der Waals surface area contributed by atoms with E-state index in [-0.39, 0.29) is 0 Å². The lowest BCUT2D eigenvalue weighted by atomic mass is 10.2. The molecule has 1 unspecified atom stereocenters. The van der Waals surface area contributed by atoms with E-state index in [1.54, 1.807) is 6.20 Å². The van der Waals surface area contributed by atoms with Crippen LogP contribution in [0.3, 0.4) is 0 Å². The number of benzene rings is 1. The lowest BCUT2D eigenvalue weighted by Crippen LogP contribution is -2.09. The maximum Gasteiger partial charge on any atom is 0.128 e. The number of ether oxygens (including phenoxy) is 1. The summed E-state index contributed by atoms with van der Waals surface area (Å²) in [5.74, 6) is 1.42. The standard InChI is InChI=1S/C13H14BrNO/c1-10(8-14)9-16-13-6-2-5-12-11(13)4-3-7-15-12/h2-7,10H,8-9H2,1H3. The maximum absolute atomic E-state index is 5.80. The van der Waals surface area contributed by atoms with Crippen LogP contribution in [-0.4, -0.2) is 16.9 Å². The minimum Gasteiger partial charge on any atom is -0.493 e. The minimum atomic E-state index is 0.506. The van der Waals surface area contributed by atoms with Crippen LogP contribution in [-0.2, 0) is 0 Å². The van der Waals surface area contributed by atoms with Crippen LogP contribution >= 0.6 is 15.9 Å². The highest BCUT2D eigenvalue weighted by Crippen LogP contribution is 2.24. The smallest absolute Gasteiger partial charge is 0.128 e. The summed E-state index contributed by atoms with van der Waals surface area (Å²) in [6, 6.07) is 9.93. The van der Waals surface area contributed by atoms with Crippen molar-refractivity contribution in [2.24, 2.45) is 5.92 Å². The van der Waals surface area contributed by atoms with Crippen LogP contribution in [0.15, 0.2) is 36.5 Å². The Morgan fingerprint density at radius 2 is 2.19 bits per heavy atom. The molecule has 0 amide bonds. The van der Waals surface area contributed by atoms with E-state index in [4.69, 9.17) is 4.74 Å². The molecule has 0 N–H and O–H groups in total. The fraction of sp³-hybridized carbons (Fsp3) is 0.308. The predicted octanol–water partition coefficient (Wildman–Crippen LogP) is 3.64. The zero-order chi connectivity index (χ0) is 11.4. The van der Waals surface area contributed by atoms with Gasteiger partial charge in [0, 0.05) is 16.9 Å². The van der Waals surface area contributed by atoms with Crippen molar-refractivity contribution in [2.75, 3.05) is 11.9 Å². The molecule has 84 valence electrons. The Kier molecular flexibility index (Phi) is 3.78. The van der Waals surface area contributed by atoms with Crippen LogP contribution in [0.4, 0.5) is 0 Å². The van der Waals surface area contributed by atoms with Crippen LogP contribution in [0.25, 0.3) is 10.9 Å². The molecule has 0 radical (unpaired) electrons. The average molecular weight is 280 g/mol. The van der Waals surface area contributed by atoms with E-state index >= 15 is 0 Å². The van der Waals surface area contributed by atoms with Crippen molar-refractivity contribution in [3.05, 3.63) is 36.5 Å². The van der Waals surface area contributed by atoms with Gasteiger partial charge >= 0.3 is 0 Å². The second kappa shape index (κ2) is 5.30. The highest BCUT2D eigenvalue weighted by Gasteiger charge is 2.04. The van der Waals surface area contributed by atoms with Crippen LogP contribution in [0, 0.1) is 5.92 Å². The first-order valence-corrected chi connectivity index (χ1v) is 6.46. The van der Waals surface area contributed by atoms with Crippen molar-refractivity contribution in [1.82, 2.24) is 4.98 Å². The molecule has 16 heavy (non-hydrogen) atoms. The number of hydrogen-bond donors (Lipinski definition) is 0. The number of rotatable bonds is 4. The van der Waals surface area contributed by atoms with Crippen molar-refractivity contribution >= 4 is 26.8 Å². The highest BCUT2D eigenvalue weighted by atomic mass is 79.9. The van der Waals surface area contributed by atoms with E-state index in [1.807, 2.05) is 30.3 Å². The molecule has 1 atom stereocenters. The van der Waals surface area contributed by atoms with E-state index in [2.05, 4.69) is 27.8 Å². The van der Waals surface area contributed by atoms with Gasteiger partial charge in [-0.25, -0.2) is 0 Å². The van der Waals surface area contributed by atoms with Gasteiger partial charge in [0.15, 0.2) is 0 Å². The summed E-state index contributed by atoms with van der Waals surface area (Å²) >= 11 is 3.45. The normalized spacial score (nSPS) is 12.6. The van der Waals surface area contributed by atoms with Crippen LogP contribution < -0.4 is 4.74 Å². The van der Waals surface area contributed by atoms with Crippen molar-refractivity contribution in [1.29, 1.82) is 0 Å². The molecule has 0 aliphatic carbocycles. The molecule has 1 aromatic carbocycles. The van der Waals surface area contributed by atoms with Crippen LogP contribution in [0.1, 0.15) is 6.92 Å². The van der Waals surface area contributed by atoms with Crippen molar-refractivity contribution in [3.8, 4) is 5.75 Å². The average Bonchev–Trinajstić information content (AvgIpc) is 2.35. The lowest BCUT2D eigenvalue weighted by molar-refractivity contribution is 0.277. The van der Waals surface area contributed by atoms with Crippen molar-refractivity contribution in [3.63, 3.8) is 0 Å². The SMILES string of the molecule is CC(CBr)COc1cccc2ncccc12. The number of aromatic nitrogens is 1. The first kappa shape index (κ1) is 11.4. The maximum atomic E-state index is 5.80. The van der Waals surface area contributed by atoms with Gasteiger partial charge in [-0.15, -0.1) is 0 Å². The summed E-state index contributed by atoms with van der Waals surface area (Å²) in [5.41, 5.74) is 0.978. The molecule has 2 aromatic rings. The van der Waals surface area contributed by atoms with Crippen LogP contribution in [0.5, 0.6) is 5.75 Å². The largest absolute Gasteiger partial charge is 0.493 e. The zero-order valence-corrected chi connectivity index (χ0v) is 10.8. The number of alkyl halides is 1. The zero-order valence-electron chi connectivity index (χ0n) is 9.19. The number of nitrogens with zero attached hydrogens (tertiary/aromatic N) is 1. The molecular formula is C13H14BrNO. The van der Waals surface area contributed by atoms with Gasteiger partial charge < -0.3 is 4.74 Å². The van der Waals surface area contributed by atoms with Crippen LogP contribution in [0.2, 0.25) is 0 Å². The molecule has 3 heteroatoms. The van der Waals surface area contributed by atoms with Gasteiger partial charge in [0.25, 0.3) is 0 Å². The first-order valence-electron chi connectivity index (χ1n) is 5.34. The third-order valence-electron chi connectivity index (χ3n) is 2.39. The fourth-order valence-electron chi connectivity index (χ4n) is 1.48. The fourth-order valence-corrected chi connectivity index (χ4v) is 1.66. The minimum absolute atomic E-state index is 0.506. The molecule has 2 nitrogen and oxygen atoms in total. The molecule has 1 heterocycles. The summed E-state index contributed by atoms with van der Waals surface area (Å²) in [7, 11) is 0. The summed E-state index contributed by atoms with van der Waals surface area (Å²) in [6.45, 7) is 2.87. The summed E-state index contributed by atoms with van der Waals surface area (Å²) < 4.78 is 5.80. The molecular weight excluding hydrogens is 266 g/mol. The number of hydrogen-bond acceptors (Lipinski definition) is 2. The van der Waals surface area contributed by atoms with E-state index in [0.29, 0.717) is 5.92 Å². The van der Waals surface area contributed by atoms with Gasteiger partial charge in [0.05, 0.1) is 12.1 Å². The second-order valence-electron chi connectivity index (χ2n) is 3.90. The highest BCUT2D eigenvalue weighted by molar-refractivity contribution is 9.09. The topological polar surface area (TPSA) is 22.1 Å². The lowest BCUT2D eigenvalue weighted by Gasteiger charge is -2.11. The Balaban J connectivity index is 2.23. The molecule has 2 rings (SSSR count). The molecule has 0 aliphatic heterocycles. The summed E-state index contributed by atoms with van der Waals surface area (Å²) in [6.07, 6.45) is 1.80. The molecule has 0 saturated heterocycles. The third-order valence-corrected chi connectivity index (χ3v) is 3.50. The Morgan fingerprint density at radius 3 is 3.00 bits per heavy atom. The van der Waals surface area contributed by atoms with Crippen molar-refractivity contribution < 1.29 is 4.74 Å². The van der Waals surface area contributed by atoms with Gasteiger partial charge in [-0.2, -0.15) is 0 Å². The molecule has 0 bridgehead atoms. The number of halogens is 1. The Bertz CT molecular complexity index is 467. The Morgan fingerprint density at radius 1 is 1.31 bits per heavy atom. The van der Waals surface area contributed by atoms with Gasteiger partial charge in [-0.05, 0) is 30.2 Å². The first-order chi connectivity index (χ1) is 7.81. The molecule has 0 fully saturated rings. The number of fused-ring (bicyclic) bond motifs is 1. The summed E-state index contributed by atoms with van der Waals surface area (Å²) in [4.78, 5) is 4.30. The predicted molar refractivity (Wildman–Crippen MR) is 70.2 cm³/mol. The van der Waals surface area contributed by atoms with Gasteiger partial charge in [-0.1, -0.05) is 28.9 Å². The van der Waals surface area contributed by atoms with E-state index in [9.17, 15) is 0 Å². The Hall–Kier alpha value is -1.09. The third kappa shape index (κ3) is 2.53. The van der Waals surface area contributed by atoms with E-state index in [1.165, 1.54) is 0 Å². The van der Waals surface area contributed by atoms with Gasteiger partial charge in [-0.3, -0.25) is 4.98 Å². The molecule has 1 aromatic heterocycles. The van der Waals surface area contributed by atoms with Gasteiger partial charge in [0.1, 0.15) is 5.75 Å². The van der Waals surface area contributed by atoms with Gasteiger partial charge in [0.2, 0.25) is 0 Å². The van der Waals surface area contributed by atoms with E-state index in [0.717, 1.165) is 28.6 Å².